The molecule has 0 saturated heterocycles. The maximum Gasteiger partial charge on any atom is 0.135 e. The first-order chi connectivity index (χ1) is 15.4. The molecule has 0 fully saturated rings. The topological polar surface area (TPSA) is 105 Å². The number of rotatable bonds is 8. The molecule has 4 aromatic rings. The van der Waals surface area contributed by atoms with Crippen LogP contribution in [0.3, 0.4) is 0 Å². The van der Waals surface area contributed by atoms with Crippen molar-refractivity contribution in [2.45, 2.75) is 24.3 Å². The molecule has 166 valence electrons. The minimum Gasteiger partial charge on any atom is -0.497 e. The number of pyridine rings is 1. The SMILES string of the molecule is CC[C@H](NS(=N)(=O)c1ccc(Nc2ccnc3cc(OC)ccc23)cc1)c1ccn(C)n1. The van der Waals surface area contributed by atoms with Gasteiger partial charge in [-0.15, -0.1) is 0 Å². The van der Waals surface area contributed by atoms with Gasteiger partial charge in [-0.25, -0.2) is 13.7 Å². The van der Waals surface area contributed by atoms with E-state index in [1.807, 2.05) is 62.6 Å². The van der Waals surface area contributed by atoms with Gasteiger partial charge < -0.3 is 10.1 Å². The summed E-state index contributed by atoms with van der Waals surface area (Å²) in [7, 11) is 0.270. The molecule has 2 atom stereocenters. The monoisotopic (exact) mass is 450 g/mol. The molecule has 0 amide bonds. The zero-order chi connectivity index (χ0) is 22.7. The van der Waals surface area contributed by atoms with Crippen LogP contribution in [0.4, 0.5) is 11.4 Å². The Hall–Kier alpha value is -3.43. The fourth-order valence-corrected chi connectivity index (χ4v) is 4.83. The number of fused-ring (bicyclic) bond motifs is 1. The molecule has 2 aromatic carbocycles. The summed E-state index contributed by atoms with van der Waals surface area (Å²) >= 11 is 0. The third-order valence-corrected chi connectivity index (χ3v) is 6.78. The molecule has 4 rings (SSSR count). The van der Waals surface area contributed by atoms with E-state index in [9.17, 15) is 4.21 Å². The maximum atomic E-state index is 13.1. The largest absolute Gasteiger partial charge is 0.497 e. The molecule has 1 unspecified atom stereocenters. The highest BCUT2D eigenvalue weighted by molar-refractivity contribution is 7.90. The van der Waals surface area contributed by atoms with E-state index in [2.05, 4.69) is 20.1 Å². The van der Waals surface area contributed by atoms with Crippen LogP contribution in [0.5, 0.6) is 5.75 Å². The number of aromatic nitrogens is 3. The van der Waals surface area contributed by atoms with E-state index >= 15 is 0 Å². The Morgan fingerprint density at radius 1 is 1.16 bits per heavy atom. The number of nitrogens with one attached hydrogen (secondary N) is 3. The molecule has 0 aliphatic heterocycles. The molecular weight excluding hydrogens is 424 g/mol. The molecule has 0 aliphatic carbocycles. The summed E-state index contributed by atoms with van der Waals surface area (Å²) in [6.45, 7) is 1.98. The van der Waals surface area contributed by atoms with Crippen molar-refractivity contribution in [3.8, 4) is 5.75 Å². The van der Waals surface area contributed by atoms with Crippen LogP contribution >= 0.6 is 0 Å². The molecular formula is C23H26N6O2S. The van der Waals surface area contributed by atoms with Crippen molar-refractivity contribution >= 4 is 32.2 Å². The lowest BCUT2D eigenvalue weighted by atomic mass is 10.1. The summed E-state index contributed by atoms with van der Waals surface area (Å²) in [4.78, 5) is 4.82. The van der Waals surface area contributed by atoms with Gasteiger partial charge in [0.2, 0.25) is 0 Å². The summed E-state index contributed by atoms with van der Waals surface area (Å²) in [5.74, 6) is 0.750. The summed E-state index contributed by atoms with van der Waals surface area (Å²) in [5.41, 5.74) is 3.32. The first-order valence-electron chi connectivity index (χ1n) is 10.2. The highest BCUT2D eigenvalue weighted by atomic mass is 32.2. The van der Waals surface area contributed by atoms with Crippen molar-refractivity contribution in [3.63, 3.8) is 0 Å². The predicted molar refractivity (Wildman–Crippen MR) is 127 cm³/mol. The molecule has 0 aliphatic rings. The van der Waals surface area contributed by atoms with Gasteiger partial charge in [-0.05, 0) is 55.0 Å². The molecule has 9 heteroatoms. The second-order valence-corrected chi connectivity index (χ2v) is 9.26. The van der Waals surface area contributed by atoms with Crippen LogP contribution in [-0.4, -0.2) is 26.1 Å². The minimum absolute atomic E-state index is 0.265. The Morgan fingerprint density at radius 2 is 1.94 bits per heavy atom. The zero-order valence-corrected chi connectivity index (χ0v) is 19.0. The Kier molecular flexibility index (Phi) is 6.11. The van der Waals surface area contributed by atoms with Crippen LogP contribution < -0.4 is 14.8 Å². The highest BCUT2D eigenvalue weighted by Crippen LogP contribution is 2.28. The fourth-order valence-electron chi connectivity index (χ4n) is 3.49. The first kappa shape index (κ1) is 21.8. The van der Waals surface area contributed by atoms with E-state index in [0.717, 1.165) is 33.7 Å². The molecule has 8 nitrogen and oxygen atoms in total. The summed E-state index contributed by atoms with van der Waals surface area (Å²) < 4.78 is 31.5. The van der Waals surface area contributed by atoms with Crippen LogP contribution in [0.1, 0.15) is 25.1 Å². The number of anilines is 2. The summed E-state index contributed by atoms with van der Waals surface area (Å²) in [5, 5.41) is 8.72. The first-order valence-corrected chi connectivity index (χ1v) is 11.8. The van der Waals surface area contributed by atoms with Gasteiger partial charge >= 0.3 is 0 Å². The van der Waals surface area contributed by atoms with Gasteiger partial charge in [0.25, 0.3) is 0 Å². The van der Waals surface area contributed by atoms with Crippen LogP contribution in [0.25, 0.3) is 10.9 Å². The van der Waals surface area contributed by atoms with E-state index in [0.29, 0.717) is 11.3 Å². The standard InChI is InChI=1S/C23H26N6O2S/c1-4-20(22-12-14-29(2)27-22)28-32(24,30)18-8-5-16(6-9-18)26-21-11-13-25-23-15-17(31-3)7-10-19(21)23/h5-15,20H,4H2,1-3H3,(H,25,26)(H2,24,28,30)/t20-,32?/m0/s1. The molecule has 0 spiro atoms. The predicted octanol–water partition coefficient (Wildman–Crippen LogP) is 4.78. The van der Waals surface area contributed by atoms with Gasteiger partial charge in [0, 0.05) is 42.3 Å². The Bertz CT molecular complexity index is 1330. The van der Waals surface area contributed by atoms with Gasteiger partial charge in [0.05, 0.1) is 29.3 Å². The van der Waals surface area contributed by atoms with E-state index in [4.69, 9.17) is 9.52 Å². The van der Waals surface area contributed by atoms with Crippen LogP contribution in [-0.2, 0) is 17.0 Å². The van der Waals surface area contributed by atoms with Gasteiger partial charge in [-0.1, -0.05) is 6.92 Å². The molecule has 32 heavy (non-hydrogen) atoms. The molecule has 0 bridgehead atoms. The Morgan fingerprint density at radius 3 is 2.59 bits per heavy atom. The fraction of sp³-hybridized carbons (Fsp3) is 0.217. The highest BCUT2D eigenvalue weighted by Gasteiger charge is 2.19. The Labute approximate surface area is 187 Å². The smallest absolute Gasteiger partial charge is 0.135 e. The number of hydrogen-bond acceptors (Lipinski definition) is 6. The lowest BCUT2D eigenvalue weighted by molar-refractivity contribution is 0.415. The zero-order valence-electron chi connectivity index (χ0n) is 18.2. The maximum absolute atomic E-state index is 13.1. The van der Waals surface area contributed by atoms with Crippen LogP contribution in [0, 0.1) is 4.78 Å². The third kappa shape index (κ3) is 4.58. The summed E-state index contributed by atoms with van der Waals surface area (Å²) in [6.07, 6.45) is 4.25. The van der Waals surface area contributed by atoms with E-state index in [-0.39, 0.29) is 6.04 Å². The number of methoxy groups -OCH3 is 1. The van der Waals surface area contributed by atoms with Gasteiger partial charge in [-0.3, -0.25) is 9.67 Å². The lowest BCUT2D eigenvalue weighted by Gasteiger charge is -2.18. The van der Waals surface area contributed by atoms with E-state index in [1.165, 1.54) is 0 Å². The number of benzene rings is 2. The molecule has 0 radical (unpaired) electrons. The number of ether oxygens (including phenoxy) is 1. The average molecular weight is 451 g/mol. The normalized spacial score (nSPS) is 14.1. The quantitative estimate of drug-likeness (QED) is 0.358. The third-order valence-electron chi connectivity index (χ3n) is 5.22. The van der Waals surface area contributed by atoms with Crippen molar-refractivity contribution in [1.29, 1.82) is 4.78 Å². The molecule has 3 N–H and O–H groups in total. The van der Waals surface area contributed by atoms with Gasteiger partial charge in [0.1, 0.15) is 15.7 Å². The van der Waals surface area contributed by atoms with Crippen molar-refractivity contribution < 1.29 is 8.95 Å². The van der Waals surface area contributed by atoms with Gasteiger partial charge in [-0.2, -0.15) is 5.10 Å². The number of nitrogens with zero attached hydrogens (tertiary/aromatic N) is 3. The van der Waals surface area contributed by atoms with Crippen molar-refractivity contribution in [3.05, 3.63) is 72.7 Å². The minimum atomic E-state index is -3.19. The van der Waals surface area contributed by atoms with E-state index < -0.39 is 9.92 Å². The average Bonchev–Trinajstić information content (AvgIpc) is 3.23. The Balaban J connectivity index is 1.53. The second kappa shape index (κ2) is 8.97. The van der Waals surface area contributed by atoms with Crippen molar-refractivity contribution in [2.75, 3.05) is 12.4 Å². The molecule has 0 saturated carbocycles. The van der Waals surface area contributed by atoms with Crippen molar-refractivity contribution in [1.82, 2.24) is 19.5 Å². The lowest BCUT2D eigenvalue weighted by Crippen LogP contribution is -2.27. The second-order valence-electron chi connectivity index (χ2n) is 7.44. The number of aryl methyl sites for hydroxylation is 1. The number of hydrogen-bond donors (Lipinski definition) is 3. The van der Waals surface area contributed by atoms with Crippen LogP contribution in [0.15, 0.2) is 71.9 Å². The molecule has 2 aromatic heterocycles. The summed E-state index contributed by atoms with van der Waals surface area (Å²) in [6, 6.07) is 16.3. The van der Waals surface area contributed by atoms with Crippen LogP contribution in [0.2, 0.25) is 0 Å². The molecule has 2 heterocycles. The van der Waals surface area contributed by atoms with Gasteiger partial charge in [0.15, 0.2) is 0 Å². The van der Waals surface area contributed by atoms with Crippen molar-refractivity contribution in [2.24, 2.45) is 7.05 Å². The van der Waals surface area contributed by atoms with E-state index in [1.54, 1.807) is 30.1 Å².